The van der Waals surface area contributed by atoms with Gasteiger partial charge in [0.15, 0.2) is 5.96 Å². The number of aliphatic imine (C=N–C) groups is 1. The number of aromatic hydroxyl groups is 2. The van der Waals surface area contributed by atoms with E-state index in [4.69, 9.17) is 28.7 Å². The molecule has 2 aromatic rings. The number of carbonyl (C=O) groups is 10. The normalized spacial score (nSPS) is 14.7. The van der Waals surface area contributed by atoms with Crippen LogP contribution in [-0.4, -0.2) is 171 Å². The fourth-order valence-electron chi connectivity index (χ4n) is 8.04. The molecule has 0 spiro atoms. The van der Waals surface area contributed by atoms with Gasteiger partial charge in [0.05, 0.1) is 12.6 Å². The molecule has 29 nitrogen and oxygen atoms in total. The van der Waals surface area contributed by atoms with Gasteiger partial charge in [0.25, 0.3) is 0 Å². The second-order valence-electron chi connectivity index (χ2n) is 19.8. The lowest BCUT2D eigenvalue weighted by molar-refractivity contribution is -0.142. The van der Waals surface area contributed by atoms with Crippen LogP contribution < -0.4 is 71.2 Å². The van der Waals surface area contributed by atoms with Crippen molar-refractivity contribution in [1.82, 2.24) is 42.5 Å². The molecule has 2 rings (SSSR count). The molecule has 0 unspecified atom stereocenters. The highest BCUT2D eigenvalue weighted by Crippen LogP contribution is 2.16. The summed E-state index contributed by atoms with van der Waals surface area (Å²) in [6.45, 7) is 4.20. The predicted molar refractivity (Wildman–Crippen MR) is 299 cm³/mol. The van der Waals surface area contributed by atoms with Crippen molar-refractivity contribution in [1.29, 1.82) is 0 Å². The number of nitrogens with zero attached hydrogens (tertiary/aromatic N) is 1. The summed E-state index contributed by atoms with van der Waals surface area (Å²) in [7, 11) is 0. The third-order valence-corrected chi connectivity index (χ3v) is 13.1. The molecular weight excluding hydrogens is 1070 g/mol. The summed E-state index contributed by atoms with van der Waals surface area (Å²) >= 11 is 0. The average molecular weight is 1160 g/mol. The van der Waals surface area contributed by atoms with Gasteiger partial charge in [-0.15, -0.1) is 0 Å². The van der Waals surface area contributed by atoms with Crippen molar-refractivity contribution < 1.29 is 73.5 Å². The number of carboxylic acid groups (broad SMARTS) is 2. The van der Waals surface area contributed by atoms with Gasteiger partial charge in [-0.3, -0.25) is 48.1 Å². The minimum atomic E-state index is -1.86. The van der Waals surface area contributed by atoms with Gasteiger partial charge in [0.2, 0.25) is 47.3 Å². The fraction of sp³-hybridized carbons (Fsp3) is 0.566. The van der Waals surface area contributed by atoms with Crippen LogP contribution in [0.1, 0.15) is 103 Å². The first kappa shape index (κ1) is 70.0. The Bertz CT molecular complexity index is 2450. The Labute approximate surface area is 475 Å². The first-order chi connectivity index (χ1) is 38.8. The van der Waals surface area contributed by atoms with E-state index in [1.165, 1.54) is 55.5 Å². The van der Waals surface area contributed by atoms with Crippen molar-refractivity contribution in [2.24, 2.45) is 39.6 Å². The van der Waals surface area contributed by atoms with Gasteiger partial charge in [-0.2, -0.15) is 0 Å². The first-order valence-electron chi connectivity index (χ1n) is 27.1. The highest BCUT2D eigenvalue weighted by Gasteiger charge is 2.35. The lowest BCUT2D eigenvalue weighted by Gasteiger charge is -2.28. The van der Waals surface area contributed by atoms with Crippen LogP contribution in [0.3, 0.4) is 0 Å². The van der Waals surface area contributed by atoms with E-state index in [-0.39, 0.29) is 75.5 Å². The fourth-order valence-corrected chi connectivity index (χ4v) is 8.04. The number of rotatable bonds is 39. The molecule has 0 bridgehead atoms. The van der Waals surface area contributed by atoms with E-state index in [9.17, 15) is 73.5 Å². The third kappa shape index (κ3) is 26.0. The molecule has 82 heavy (non-hydrogen) atoms. The number of phenols is 2. The Morgan fingerprint density at radius 3 is 1.41 bits per heavy atom. The number of nitrogens with one attached hydrogen (secondary N) is 8. The Hall–Kier alpha value is -8.15. The number of guanidine groups is 1. The number of phenolic OH excluding ortho intramolecular Hbond substituents is 2. The van der Waals surface area contributed by atoms with Crippen molar-refractivity contribution in [3.05, 3.63) is 59.7 Å². The summed E-state index contributed by atoms with van der Waals surface area (Å²) in [5.74, 6) is -11.2. The van der Waals surface area contributed by atoms with Gasteiger partial charge in [0, 0.05) is 25.8 Å². The summed E-state index contributed by atoms with van der Waals surface area (Å²) in [5.41, 5.74) is 29.1. The maximum absolute atomic E-state index is 14.1. The zero-order chi connectivity index (χ0) is 61.5. The summed E-state index contributed by atoms with van der Waals surface area (Å²) < 4.78 is 0. The molecule has 0 fully saturated rings. The smallest absolute Gasteiger partial charge is 0.326 e. The number of hydrogen-bond donors (Lipinski definition) is 18. The topological polar surface area (TPSA) is 511 Å². The van der Waals surface area contributed by atoms with Crippen molar-refractivity contribution in [2.45, 2.75) is 159 Å². The molecule has 0 saturated heterocycles. The van der Waals surface area contributed by atoms with E-state index in [2.05, 4.69) is 47.5 Å². The maximum atomic E-state index is 14.1. The largest absolute Gasteiger partial charge is 0.508 e. The number of aliphatic hydroxyl groups is 1. The number of unbranched alkanes of at least 4 members (excludes halogenated alkanes) is 2. The summed E-state index contributed by atoms with van der Waals surface area (Å²) in [6.07, 6.45) is 0.836. The predicted octanol–water partition coefficient (Wildman–Crippen LogP) is -3.59. The third-order valence-electron chi connectivity index (χ3n) is 13.1. The molecule has 0 radical (unpaired) electrons. The van der Waals surface area contributed by atoms with Crippen LogP contribution in [0.5, 0.6) is 11.5 Å². The molecule has 10 atom stereocenters. The quantitative estimate of drug-likeness (QED) is 0.0175. The molecular formula is C53H84N14O15. The van der Waals surface area contributed by atoms with Gasteiger partial charge in [-0.1, -0.05) is 51.0 Å². The summed E-state index contributed by atoms with van der Waals surface area (Å²) in [5, 5.41) is 69.4. The second-order valence-corrected chi connectivity index (χ2v) is 19.8. The van der Waals surface area contributed by atoms with Crippen LogP contribution in [0, 0.1) is 5.92 Å². The van der Waals surface area contributed by atoms with E-state index in [1.807, 2.05) is 0 Å². The van der Waals surface area contributed by atoms with Crippen molar-refractivity contribution in [3.8, 4) is 11.5 Å². The minimum Gasteiger partial charge on any atom is -0.508 e. The van der Waals surface area contributed by atoms with Gasteiger partial charge in [0.1, 0.15) is 59.8 Å². The van der Waals surface area contributed by atoms with Crippen LogP contribution in [0.15, 0.2) is 53.5 Å². The maximum Gasteiger partial charge on any atom is 0.326 e. The van der Waals surface area contributed by atoms with Crippen LogP contribution in [-0.2, 0) is 60.8 Å². The number of hydrogen-bond acceptors (Lipinski definition) is 17. The summed E-state index contributed by atoms with van der Waals surface area (Å²) in [4.78, 5) is 138. The molecule has 0 aliphatic heterocycles. The van der Waals surface area contributed by atoms with E-state index < -0.39 is 139 Å². The molecule has 2 aromatic carbocycles. The number of amides is 8. The molecule has 23 N–H and O–H groups in total. The average Bonchev–Trinajstić information content (AvgIpc) is 3.43. The lowest BCUT2D eigenvalue weighted by Crippen LogP contribution is -2.61. The van der Waals surface area contributed by atoms with Crippen molar-refractivity contribution >= 4 is 65.2 Å². The zero-order valence-electron chi connectivity index (χ0n) is 46.6. The SMILES string of the molecule is CC[C@H](C)[C@H](NC(=O)[C@H](C)NC(=O)[C@H](Cc1ccc(O)cc1)NC(=O)[C@H](CO)NC(=O)[C@H](CCC(=O)O)NC(=O)[C@H](CCCCN)NC(=O)[C@H](CCCN=C(N)N)NC(=O)[C@@H](N)CCCCN)C(=O)N[C@@H](Cc1ccc(O)cc1)C(=O)O. The van der Waals surface area contributed by atoms with Crippen LogP contribution >= 0.6 is 0 Å². The van der Waals surface area contributed by atoms with Crippen molar-refractivity contribution in [2.75, 3.05) is 26.2 Å². The molecule has 0 aliphatic rings. The van der Waals surface area contributed by atoms with Crippen LogP contribution in [0.2, 0.25) is 0 Å². The minimum absolute atomic E-state index is 0.0108. The van der Waals surface area contributed by atoms with E-state index >= 15 is 0 Å². The molecule has 0 heterocycles. The number of nitrogens with two attached hydrogens (primary N) is 5. The summed E-state index contributed by atoms with van der Waals surface area (Å²) in [6, 6.07) is -1.82. The molecule has 456 valence electrons. The first-order valence-corrected chi connectivity index (χ1v) is 27.1. The number of carbonyl (C=O) groups excluding carboxylic acids is 8. The van der Waals surface area contributed by atoms with Gasteiger partial charge in [-0.05, 0) is 113 Å². The van der Waals surface area contributed by atoms with E-state index in [1.54, 1.807) is 13.8 Å². The standard InChI is InChI=1S/C53H84N14O15/c1-4-29(2)43(51(80)65-40(52(81)82)27-32-15-19-34(70)20-16-32)67-44(73)30(3)60-49(78)39(26-31-13-17-33(69)18-14-31)64-50(79)41(28-68)66-48(77)38(21-22-42(71)72)63-46(75)36(11-6-8-24-55)62-47(76)37(12-9-25-59-53(57)58)61-45(74)35(56)10-5-7-23-54/h13-20,29-30,35-41,43,68-70H,4-12,21-28,54-56H2,1-3H3,(H,60,78)(H,61,74)(H,62,76)(H,63,75)(H,64,79)(H,65,80)(H,66,77)(H,67,73)(H,71,72)(H,81,82)(H4,57,58,59)/t29-,30-,35-,36-,37-,38-,39-,40-,41-,43-/m0/s1. The Kier molecular flexibility index (Phi) is 31.5. The molecule has 29 heteroatoms. The Morgan fingerprint density at radius 2 is 0.939 bits per heavy atom. The van der Waals surface area contributed by atoms with Gasteiger partial charge >= 0.3 is 11.9 Å². The van der Waals surface area contributed by atoms with Crippen LogP contribution in [0.25, 0.3) is 0 Å². The highest BCUT2D eigenvalue weighted by atomic mass is 16.4. The Morgan fingerprint density at radius 1 is 0.512 bits per heavy atom. The monoisotopic (exact) mass is 1160 g/mol. The number of carboxylic acids is 2. The molecule has 8 amide bonds. The number of aliphatic carboxylic acids is 2. The highest BCUT2D eigenvalue weighted by molar-refractivity contribution is 5.98. The number of benzene rings is 2. The molecule has 0 saturated carbocycles. The van der Waals surface area contributed by atoms with E-state index in [0.717, 1.165) is 0 Å². The van der Waals surface area contributed by atoms with Crippen molar-refractivity contribution in [3.63, 3.8) is 0 Å². The second kappa shape index (κ2) is 37.0. The Balaban J connectivity index is 2.38. The lowest BCUT2D eigenvalue weighted by atomic mass is 9.97. The van der Waals surface area contributed by atoms with Gasteiger partial charge < -0.3 is 96.7 Å². The van der Waals surface area contributed by atoms with Crippen LogP contribution in [0.4, 0.5) is 0 Å². The van der Waals surface area contributed by atoms with Gasteiger partial charge in [-0.25, -0.2) is 4.79 Å². The van der Waals surface area contributed by atoms with E-state index in [0.29, 0.717) is 43.4 Å². The molecule has 0 aliphatic carbocycles. The zero-order valence-corrected chi connectivity index (χ0v) is 46.6. The number of aliphatic hydroxyl groups excluding tert-OH is 1. The molecule has 0 aromatic heterocycles.